The highest BCUT2D eigenvalue weighted by Gasteiger charge is 2.65. The minimum absolute atomic E-state index is 0.0182. The van der Waals surface area contributed by atoms with Crippen molar-refractivity contribution < 1.29 is 30.8 Å². The second-order valence-electron chi connectivity index (χ2n) is 9.86. The molecule has 1 aromatic heterocycles. The molecule has 32 heavy (non-hydrogen) atoms. The Kier molecular flexibility index (Phi) is 5.40. The van der Waals surface area contributed by atoms with Gasteiger partial charge in [0.05, 0.1) is 11.3 Å². The van der Waals surface area contributed by atoms with E-state index < -0.39 is 39.0 Å². The maximum absolute atomic E-state index is 14.3. The molecule has 178 valence electrons. The number of rotatable bonds is 4. The molecule has 0 amide bonds. The van der Waals surface area contributed by atoms with Gasteiger partial charge in [-0.3, -0.25) is 4.79 Å². The standard InChI is InChI=1S/C21H27F4N3O3S/c1-13-11-27(18-16(22)8-15(10-26-18)21(23,24)25)6-7-28(13)32(30,31)12-20-5-4-14(9-17(20)29)19(20,2)3/h8,10,13-14H,4-7,9,11-12H2,1-3H3/t13-,14-,20-/m1/s1. The molecule has 6 nitrogen and oxygen atoms in total. The van der Waals surface area contributed by atoms with Crippen LogP contribution in [0.3, 0.4) is 0 Å². The molecule has 2 heterocycles. The summed E-state index contributed by atoms with van der Waals surface area (Å²) < 4.78 is 80.8. The fourth-order valence-corrected chi connectivity index (χ4v) is 8.31. The van der Waals surface area contributed by atoms with Crippen molar-refractivity contribution in [3.63, 3.8) is 0 Å². The van der Waals surface area contributed by atoms with E-state index in [0.717, 1.165) is 6.42 Å². The predicted molar refractivity (Wildman–Crippen MR) is 110 cm³/mol. The zero-order valence-corrected chi connectivity index (χ0v) is 19.1. The summed E-state index contributed by atoms with van der Waals surface area (Å²) in [4.78, 5) is 17.9. The summed E-state index contributed by atoms with van der Waals surface area (Å²) in [7, 11) is -3.78. The third-order valence-electron chi connectivity index (χ3n) is 7.94. The van der Waals surface area contributed by atoms with Gasteiger partial charge in [-0.15, -0.1) is 0 Å². The molecule has 3 aliphatic rings. The number of fused-ring (bicyclic) bond motifs is 2. The van der Waals surface area contributed by atoms with Crippen molar-refractivity contribution in [1.29, 1.82) is 0 Å². The molecule has 1 aliphatic heterocycles. The van der Waals surface area contributed by atoms with E-state index in [4.69, 9.17) is 0 Å². The second-order valence-corrected chi connectivity index (χ2v) is 11.8. The molecular weight excluding hydrogens is 450 g/mol. The highest BCUT2D eigenvalue weighted by atomic mass is 32.2. The fourth-order valence-electron chi connectivity index (χ4n) is 5.87. The van der Waals surface area contributed by atoms with E-state index in [1.54, 1.807) is 6.92 Å². The lowest BCUT2D eigenvalue weighted by Gasteiger charge is -2.42. The molecule has 0 N–H and O–H groups in total. The van der Waals surface area contributed by atoms with E-state index in [9.17, 15) is 30.8 Å². The zero-order chi connectivity index (χ0) is 23.7. The molecular formula is C21H27F4N3O3S. The van der Waals surface area contributed by atoms with Crippen LogP contribution in [-0.4, -0.2) is 54.9 Å². The van der Waals surface area contributed by atoms with E-state index >= 15 is 0 Å². The summed E-state index contributed by atoms with van der Waals surface area (Å²) in [6.07, 6.45) is -2.29. The zero-order valence-electron chi connectivity index (χ0n) is 18.2. The SMILES string of the molecule is C[C@@H]1CN(c2ncc(C(F)(F)F)cc2F)CCN1S(=O)(=O)C[C@]12CC[C@H](CC1=O)C2(C)C. The highest BCUT2D eigenvalue weighted by Crippen LogP contribution is 2.64. The van der Waals surface area contributed by atoms with Gasteiger partial charge in [-0.1, -0.05) is 13.8 Å². The fraction of sp³-hybridized carbons (Fsp3) is 0.714. The lowest BCUT2D eigenvalue weighted by atomic mass is 9.70. The number of ketones is 1. The number of halogens is 4. The number of Topliss-reactive ketones (excluding diaryl/α,β-unsaturated/α-hetero) is 1. The van der Waals surface area contributed by atoms with Gasteiger partial charge < -0.3 is 4.90 Å². The number of sulfonamides is 1. The normalized spacial score (nSPS) is 30.8. The largest absolute Gasteiger partial charge is 0.417 e. The third-order valence-corrected chi connectivity index (χ3v) is 10.1. The van der Waals surface area contributed by atoms with Crippen molar-refractivity contribution in [2.24, 2.45) is 16.7 Å². The van der Waals surface area contributed by atoms with Crippen molar-refractivity contribution in [1.82, 2.24) is 9.29 Å². The van der Waals surface area contributed by atoms with Crippen LogP contribution in [0.2, 0.25) is 0 Å². The van der Waals surface area contributed by atoms with Gasteiger partial charge >= 0.3 is 6.18 Å². The number of nitrogens with zero attached hydrogens (tertiary/aromatic N) is 3. The van der Waals surface area contributed by atoms with Crippen LogP contribution < -0.4 is 4.90 Å². The molecule has 0 radical (unpaired) electrons. The number of pyridine rings is 1. The van der Waals surface area contributed by atoms with Crippen LogP contribution in [0.4, 0.5) is 23.4 Å². The first-order valence-electron chi connectivity index (χ1n) is 10.7. The van der Waals surface area contributed by atoms with Crippen molar-refractivity contribution in [3.8, 4) is 0 Å². The van der Waals surface area contributed by atoms with Crippen LogP contribution in [0.25, 0.3) is 0 Å². The molecule has 1 saturated heterocycles. The van der Waals surface area contributed by atoms with Crippen LogP contribution in [-0.2, 0) is 21.0 Å². The molecule has 2 bridgehead atoms. The number of hydrogen-bond donors (Lipinski definition) is 0. The molecule has 3 atom stereocenters. The lowest BCUT2D eigenvalue weighted by Crippen LogP contribution is -2.57. The van der Waals surface area contributed by atoms with Crippen LogP contribution in [0.5, 0.6) is 0 Å². The maximum Gasteiger partial charge on any atom is 0.417 e. The van der Waals surface area contributed by atoms with Crippen molar-refractivity contribution in [2.45, 2.75) is 52.3 Å². The summed E-state index contributed by atoms with van der Waals surface area (Å²) in [5.41, 5.74) is -2.44. The minimum Gasteiger partial charge on any atom is -0.351 e. The van der Waals surface area contributed by atoms with Crippen molar-refractivity contribution in [2.75, 3.05) is 30.3 Å². The summed E-state index contributed by atoms with van der Waals surface area (Å²) in [6.45, 7) is 5.84. The first-order valence-corrected chi connectivity index (χ1v) is 12.3. The van der Waals surface area contributed by atoms with Gasteiger partial charge in [-0.2, -0.15) is 17.5 Å². The summed E-state index contributed by atoms with van der Waals surface area (Å²) in [5.74, 6) is -1.35. The van der Waals surface area contributed by atoms with Crippen molar-refractivity contribution in [3.05, 3.63) is 23.6 Å². The van der Waals surface area contributed by atoms with E-state index in [-0.39, 0.29) is 48.3 Å². The van der Waals surface area contributed by atoms with Crippen LogP contribution >= 0.6 is 0 Å². The molecule has 0 aromatic carbocycles. The van der Waals surface area contributed by atoms with Crippen LogP contribution in [0, 0.1) is 22.6 Å². The van der Waals surface area contributed by atoms with E-state index in [1.807, 2.05) is 13.8 Å². The lowest BCUT2D eigenvalue weighted by molar-refractivity contribution is -0.138. The molecule has 11 heteroatoms. The first-order chi connectivity index (χ1) is 14.7. The third kappa shape index (κ3) is 3.52. The number of hydrogen-bond acceptors (Lipinski definition) is 5. The smallest absolute Gasteiger partial charge is 0.351 e. The molecule has 2 aliphatic carbocycles. The Morgan fingerprint density at radius 1 is 1.25 bits per heavy atom. The Balaban J connectivity index is 1.51. The van der Waals surface area contributed by atoms with E-state index in [1.165, 1.54) is 9.21 Å². The van der Waals surface area contributed by atoms with Gasteiger partial charge in [0.15, 0.2) is 11.6 Å². The first kappa shape index (κ1) is 23.4. The van der Waals surface area contributed by atoms with Crippen LogP contribution in [0.1, 0.15) is 45.6 Å². The monoisotopic (exact) mass is 477 g/mol. The summed E-state index contributed by atoms with van der Waals surface area (Å²) in [6, 6.07) is -0.148. The number of anilines is 1. The van der Waals surface area contributed by atoms with Gasteiger partial charge in [0.1, 0.15) is 5.78 Å². The van der Waals surface area contributed by atoms with Gasteiger partial charge in [0.2, 0.25) is 10.0 Å². The maximum atomic E-state index is 14.3. The topological polar surface area (TPSA) is 70.6 Å². The van der Waals surface area contributed by atoms with Gasteiger partial charge in [0.25, 0.3) is 0 Å². The quantitative estimate of drug-likeness (QED) is 0.621. The van der Waals surface area contributed by atoms with E-state index in [2.05, 4.69) is 4.98 Å². The molecule has 4 rings (SSSR count). The number of carbonyl (C=O) groups is 1. The predicted octanol–water partition coefficient (Wildman–Crippen LogP) is 3.48. The number of carbonyl (C=O) groups excluding carboxylic acids is 1. The molecule has 1 aromatic rings. The molecule has 0 spiro atoms. The Hall–Kier alpha value is -1.75. The van der Waals surface area contributed by atoms with Gasteiger partial charge in [-0.05, 0) is 37.2 Å². The average Bonchev–Trinajstić information content (AvgIpc) is 3.01. The molecule has 3 fully saturated rings. The summed E-state index contributed by atoms with van der Waals surface area (Å²) >= 11 is 0. The Bertz CT molecular complexity index is 1040. The highest BCUT2D eigenvalue weighted by molar-refractivity contribution is 7.89. The Morgan fingerprint density at radius 2 is 1.94 bits per heavy atom. The van der Waals surface area contributed by atoms with Crippen molar-refractivity contribution >= 4 is 21.6 Å². The minimum atomic E-state index is -4.70. The molecule has 0 unspecified atom stereocenters. The Morgan fingerprint density at radius 3 is 2.44 bits per heavy atom. The van der Waals surface area contributed by atoms with Gasteiger partial charge in [0, 0.05) is 43.7 Å². The van der Waals surface area contributed by atoms with E-state index in [0.29, 0.717) is 25.1 Å². The number of aromatic nitrogens is 1. The summed E-state index contributed by atoms with van der Waals surface area (Å²) in [5, 5.41) is 0. The number of alkyl halides is 3. The Labute approximate surface area is 185 Å². The van der Waals surface area contributed by atoms with Gasteiger partial charge in [-0.25, -0.2) is 17.8 Å². The van der Waals surface area contributed by atoms with Crippen LogP contribution in [0.15, 0.2) is 12.3 Å². The average molecular weight is 478 g/mol. The molecule has 2 saturated carbocycles. The number of piperazine rings is 1. The second kappa shape index (κ2) is 7.38.